The smallest absolute Gasteiger partial charge is 0.315 e. The van der Waals surface area contributed by atoms with Crippen molar-refractivity contribution >= 4 is 29.5 Å². The van der Waals surface area contributed by atoms with E-state index in [1.54, 1.807) is 0 Å². The minimum absolute atomic E-state index is 0.0468. The minimum Gasteiger partial charge on any atom is -0.332 e. The Labute approximate surface area is 147 Å². The van der Waals surface area contributed by atoms with E-state index in [-0.39, 0.29) is 24.0 Å². The second-order valence-electron chi connectivity index (χ2n) is 6.53. The van der Waals surface area contributed by atoms with Gasteiger partial charge in [0.1, 0.15) is 5.78 Å². The lowest BCUT2D eigenvalue weighted by Gasteiger charge is -2.16. The molecule has 3 atom stereocenters. The van der Waals surface area contributed by atoms with Crippen LogP contribution in [0.2, 0.25) is 0 Å². The number of carbonyl (C=O) groups excluding carboxylic acids is 3. The van der Waals surface area contributed by atoms with Crippen LogP contribution < -0.4 is 21.9 Å². The van der Waals surface area contributed by atoms with Gasteiger partial charge in [0.25, 0.3) is 0 Å². The van der Waals surface area contributed by atoms with Crippen LogP contribution >= 0.6 is 11.8 Å². The summed E-state index contributed by atoms with van der Waals surface area (Å²) in [5.74, 6) is 6.15. The SMILES string of the molecule is NNC(=O)CCCCCC(=O)CCCC[C@@H]1SC[C@@H]2NC(=O)N[C@@H]21. The molecule has 2 aliphatic rings. The van der Waals surface area contributed by atoms with Gasteiger partial charge in [-0.25, -0.2) is 10.6 Å². The highest BCUT2D eigenvalue weighted by molar-refractivity contribution is 8.00. The number of amides is 3. The number of fused-ring (bicyclic) bond motifs is 1. The molecule has 0 aromatic carbocycles. The maximum atomic E-state index is 11.8. The molecular formula is C16H28N4O3S. The molecule has 8 heteroatoms. The fourth-order valence-corrected chi connectivity index (χ4v) is 4.84. The third-order valence-corrected chi connectivity index (χ3v) is 6.16. The van der Waals surface area contributed by atoms with Gasteiger partial charge in [-0.15, -0.1) is 0 Å². The molecule has 0 unspecified atom stereocenters. The molecule has 2 fully saturated rings. The average molecular weight is 356 g/mol. The second-order valence-corrected chi connectivity index (χ2v) is 7.81. The van der Waals surface area contributed by atoms with Gasteiger partial charge in [0.05, 0.1) is 12.1 Å². The Morgan fingerprint density at radius 1 is 1.08 bits per heavy atom. The molecule has 2 aliphatic heterocycles. The molecule has 0 saturated carbocycles. The Hall–Kier alpha value is -1.28. The van der Waals surface area contributed by atoms with Gasteiger partial charge in [0.2, 0.25) is 5.91 Å². The molecule has 2 rings (SSSR count). The van der Waals surface area contributed by atoms with Crippen LogP contribution in [0, 0.1) is 0 Å². The van der Waals surface area contributed by atoms with E-state index < -0.39 is 0 Å². The average Bonchev–Trinajstić information content (AvgIpc) is 3.10. The Morgan fingerprint density at radius 3 is 2.54 bits per heavy atom. The minimum atomic E-state index is -0.151. The van der Waals surface area contributed by atoms with Gasteiger partial charge < -0.3 is 10.6 Å². The topological polar surface area (TPSA) is 113 Å². The Balaban J connectivity index is 1.46. The number of thioether (sulfide) groups is 1. The van der Waals surface area contributed by atoms with Crippen molar-refractivity contribution in [1.29, 1.82) is 0 Å². The summed E-state index contributed by atoms with van der Waals surface area (Å²) < 4.78 is 0. The first kappa shape index (κ1) is 19.1. The number of unbranched alkanes of at least 4 members (excludes halogenated alkanes) is 3. The monoisotopic (exact) mass is 356 g/mol. The molecule has 2 saturated heterocycles. The van der Waals surface area contributed by atoms with Crippen LogP contribution in [0.15, 0.2) is 0 Å². The third-order valence-electron chi connectivity index (χ3n) is 4.65. The quantitative estimate of drug-likeness (QED) is 0.146. The van der Waals surface area contributed by atoms with E-state index >= 15 is 0 Å². The molecule has 0 aromatic rings. The van der Waals surface area contributed by atoms with Gasteiger partial charge in [-0.2, -0.15) is 11.8 Å². The summed E-state index contributed by atoms with van der Waals surface area (Å²) >= 11 is 1.92. The maximum Gasteiger partial charge on any atom is 0.315 e. The molecule has 0 radical (unpaired) electrons. The van der Waals surface area contributed by atoms with Crippen LogP contribution in [0.1, 0.15) is 57.8 Å². The number of urea groups is 1. The summed E-state index contributed by atoms with van der Waals surface area (Å²) in [4.78, 5) is 34.1. The van der Waals surface area contributed by atoms with Crippen LogP contribution in [-0.4, -0.2) is 40.8 Å². The van der Waals surface area contributed by atoms with E-state index in [0.29, 0.717) is 30.3 Å². The van der Waals surface area contributed by atoms with Crippen LogP contribution in [0.25, 0.3) is 0 Å². The summed E-state index contributed by atoms with van der Waals surface area (Å²) in [5, 5.41) is 6.41. The number of carbonyl (C=O) groups is 3. The number of nitrogens with one attached hydrogen (secondary N) is 3. The number of hydrazine groups is 1. The number of nitrogens with two attached hydrogens (primary N) is 1. The normalized spacial score (nSPS) is 25.0. The first-order valence-corrected chi connectivity index (χ1v) is 9.85. The van der Waals surface area contributed by atoms with E-state index in [1.165, 1.54) is 0 Å². The molecular weight excluding hydrogens is 328 g/mol. The van der Waals surface area contributed by atoms with Gasteiger partial charge >= 0.3 is 6.03 Å². The van der Waals surface area contributed by atoms with E-state index in [2.05, 4.69) is 16.1 Å². The maximum absolute atomic E-state index is 11.8. The molecule has 7 nitrogen and oxygen atoms in total. The lowest BCUT2D eigenvalue weighted by Crippen LogP contribution is -2.36. The zero-order valence-corrected chi connectivity index (χ0v) is 14.8. The zero-order chi connectivity index (χ0) is 17.4. The number of rotatable bonds is 11. The van der Waals surface area contributed by atoms with E-state index in [1.807, 2.05) is 11.8 Å². The van der Waals surface area contributed by atoms with Gasteiger partial charge in [-0.1, -0.05) is 12.8 Å². The standard InChI is InChI=1S/C16H28N4O3S/c17-20-14(22)9-3-1-2-6-11(21)7-4-5-8-13-15-12(10-24-13)18-16(23)19-15/h12-13,15H,1-10,17H2,(H,20,22)(H2,18,19,23)/t12-,13-,15-/m0/s1. The van der Waals surface area contributed by atoms with Gasteiger partial charge in [0, 0.05) is 30.3 Å². The van der Waals surface area contributed by atoms with Crippen molar-refractivity contribution in [2.24, 2.45) is 5.84 Å². The zero-order valence-electron chi connectivity index (χ0n) is 14.0. The lowest BCUT2D eigenvalue weighted by molar-refractivity contribution is -0.121. The van der Waals surface area contributed by atoms with Gasteiger partial charge in [-0.05, 0) is 25.7 Å². The van der Waals surface area contributed by atoms with Crippen molar-refractivity contribution in [2.75, 3.05) is 5.75 Å². The van der Waals surface area contributed by atoms with Crippen LogP contribution in [0.4, 0.5) is 4.79 Å². The van der Waals surface area contributed by atoms with E-state index in [0.717, 1.165) is 44.3 Å². The van der Waals surface area contributed by atoms with Crippen molar-refractivity contribution in [3.63, 3.8) is 0 Å². The Kier molecular flexibility index (Phi) is 7.84. The second kappa shape index (κ2) is 9.88. The number of Topliss-reactive ketones (excluding diaryl/α,β-unsaturated/α-hetero) is 1. The first-order chi connectivity index (χ1) is 11.6. The lowest BCUT2D eigenvalue weighted by atomic mass is 10.0. The molecule has 24 heavy (non-hydrogen) atoms. The van der Waals surface area contributed by atoms with E-state index in [4.69, 9.17) is 5.84 Å². The summed E-state index contributed by atoms with van der Waals surface area (Å²) in [5.41, 5.74) is 2.10. The van der Waals surface area contributed by atoms with Crippen molar-refractivity contribution in [2.45, 2.75) is 75.1 Å². The number of hydrogen-bond donors (Lipinski definition) is 4. The summed E-state index contributed by atoms with van der Waals surface area (Å²) in [6.45, 7) is 0. The predicted octanol–water partition coefficient (Wildman–Crippen LogP) is 1.22. The largest absolute Gasteiger partial charge is 0.332 e. The molecule has 0 bridgehead atoms. The van der Waals surface area contributed by atoms with Crippen molar-refractivity contribution < 1.29 is 14.4 Å². The van der Waals surface area contributed by atoms with Crippen LogP contribution in [-0.2, 0) is 9.59 Å². The summed E-state index contributed by atoms with van der Waals surface area (Å²) in [7, 11) is 0. The number of ketones is 1. The first-order valence-electron chi connectivity index (χ1n) is 8.80. The van der Waals surface area contributed by atoms with Gasteiger partial charge in [-0.3, -0.25) is 15.0 Å². The van der Waals surface area contributed by atoms with Crippen molar-refractivity contribution in [3.8, 4) is 0 Å². The Bertz CT molecular complexity index is 461. The highest BCUT2D eigenvalue weighted by Gasteiger charge is 2.42. The van der Waals surface area contributed by atoms with Crippen LogP contribution in [0.5, 0.6) is 0 Å². The molecule has 5 N–H and O–H groups in total. The van der Waals surface area contributed by atoms with Gasteiger partial charge in [0.15, 0.2) is 0 Å². The molecule has 3 amide bonds. The number of hydrogen-bond acceptors (Lipinski definition) is 5. The Morgan fingerprint density at radius 2 is 1.79 bits per heavy atom. The fraction of sp³-hybridized carbons (Fsp3) is 0.812. The summed E-state index contributed by atoms with van der Waals surface area (Å²) in [6, 6.07) is 0.480. The molecule has 2 heterocycles. The molecule has 0 spiro atoms. The summed E-state index contributed by atoms with van der Waals surface area (Å²) in [6.07, 6.45) is 7.17. The predicted molar refractivity (Wildman–Crippen MR) is 94.4 cm³/mol. The highest BCUT2D eigenvalue weighted by atomic mass is 32.2. The van der Waals surface area contributed by atoms with Crippen LogP contribution in [0.3, 0.4) is 0 Å². The molecule has 0 aliphatic carbocycles. The fourth-order valence-electron chi connectivity index (χ4n) is 3.29. The highest BCUT2D eigenvalue weighted by Crippen LogP contribution is 2.33. The van der Waals surface area contributed by atoms with Crippen molar-refractivity contribution in [1.82, 2.24) is 16.1 Å². The third kappa shape index (κ3) is 5.98. The molecule has 0 aromatic heterocycles. The van der Waals surface area contributed by atoms with E-state index in [9.17, 15) is 14.4 Å². The molecule has 136 valence electrons. The van der Waals surface area contributed by atoms with Crippen molar-refractivity contribution in [3.05, 3.63) is 0 Å².